The summed E-state index contributed by atoms with van der Waals surface area (Å²) >= 11 is 0. The molecule has 0 saturated carbocycles. The molecular formula is C23H40N6O9. The molecule has 0 aliphatic carbocycles. The average molecular weight is 545 g/mol. The highest BCUT2D eigenvalue weighted by atomic mass is 16.4. The van der Waals surface area contributed by atoms with Crippen molar-refractivity contribution >= 4 is 35.5 Å². The number of carbonyl (C=O) groups is 6. The van der Waals surface area contributed by atoms with Crippen molar-refractivity contribution in [3.05, 3.63) is 0 Å². The topological polar surface area (TPSA) is 254 Å². The van der Waals surface area contributed by atoms with E-state index in [0.29, 0.717) is 12.8 Å². The second-order valence-electron chi connectivity index (χ2n) is 9.62. The van der Waals surface area contributed by atoms with Gasteiger partial charge in [-0.1, -0.05) is 20.3 Å². The van der Waals surface area contributed by atoms with Gasteiger partial charge in [0, 0.05) is 6.54 Å². The van der Waals surface area contributed by atoms with Crippen LogP contribution in [0.3, 0.4) is 0 Å². The number of aliphatic hydroxyl groups excluding tert-OH is 2. The van der Waals surface area contributed by atoms with Crippen molar-refractivity contribution in [2.45, 2.75) is 95.8 Å². The Labute approximate surface area is 220 Å². The smallest absolute Gasteiger partial charge is 0.326 e. The number of aliphatic hydroxyl groups is 2. The molecule has 0 spiro atoms. The van der Waals surface area contributed by atoms with Gasteiger partial charge in [0.1, 0.15) is 24.2 Å². The van der Waals surface area contributed by atoms with Gasteiger partial charge in [0.05, 0.1) is 24.7 Å². The van der Waals surface area contributed by atoms with Crippen molar-refractivity contribution in [2.75, 3.05) is 6.54 Å². The molecule has 1 fully saturated rings. The summed E-state index contributed by atoms with van der Waals surface area (Å²) in [5.74, 6) is -6.08. The van der Waals surface area contributed by atoms with E-state index in [-0.39, 0.29) is 18.9 Å². The number of nitrogens with zero attached hydrogens (tertiary/aromatic N) is 1. The standard InChI is InChI=1S/C23H40N6O9/c1-5-10(2)16(25)19(33)27-18(12(4)31)21(35)28-17(11(3)30)20(34)26-13(9-15(24)32)22(36)29-8-6-7-14(29)23(37)38/h10-14,16-18,30-31H,5-9,25H2,1-4H3,(H2,24,32)(H,26,34)(H,27,33)(H,28,35)(H,37,38)/t10-,11+,12+,13-,14-,16-,17-,18-/m0/s1. The third-order valence-corrected chi connectivity index (χ3v) is 6.53. The zero-order valence-corrected chi connectivity index (χ0v) is 22.0. The summed E-state index contributed by atoms with van der Waals surface area (Å²) < 4.78 is 0. The minimum absolute atomic E-state index is 0.0893. The molecule has 8 atom stereocenters. The number of hydrogen-bond donors (Lipinski definition) is 8. The van der Waals surface area contributed by atoms with E-state index in [1.807, 2.05) is 6.92 Å². The van der Waals surface area contributed by atoms with Crippen LogP contribution in [0.1, 0.15) is 53.4 Å². The second-order valence-corrected chi connectivity index (χ2v) is 9.62. The van der Waals surface area contributed by atoms with E-state index in [2.05, 4.69) is 16.0 Å². The van der Waals surface area contributed by atoms with Crippen molar-refractivity contribution < 1.29 is 44.1 Å². The summed E-state index contributed by atoms with van der Waals surface area (Å²) in [6.07, 6.45) is -2.41. The minimum atomic E-state index is -1.68. The maximum Gasteiger partial charge on any atom is 0.326 e. The van der Waals surface area contributed by atoms with Crippen molar-refractivity contribution in [3.8, 4) is 0 Å². The quantitative estimate of drug-likeness (QED) is 0.107. The van der Waals surface area contributed by atoms with Crippen LogP contribution in [0, 0.1) is 5.92 Å². The first-order valence-electron chi connectivity index (χ1n) is 12.5. The predicted molar refractivity (Wildman–Crippen MR) is 133 cm³/mol. The van der Waals surface area contributed by atoms with Gasteiger partial charge in [-0.05, 0) is 32.6 Å². The first-order chi connectivity index (χ1) is 17.6. The zero-order valence-electron chi connectivity index (χ0n) is 22.0. The SMILES string of the molecule is CC[C@H](C)[C@H](N)C(=O)N[C@H](C(=O)N[C@H](C(=O)N[C@@H](CC(N)=O)C(=O)N1CCC[C@H]1C(=O)O)[C@@H](C)O)[C@@H](C)O. The summed E-state index contributed by atoms with van der Waals surface area (Å²) in [5, 5.41) is 36.4. The summed E-state index contributed by atoms with van der Waals surface area (Å²) in [7, 11) is 0. The fourth-order valence-corrected chi connectivity index (χ4v) is 3.97. The number of nitrogens with two attached hydrogens (primary N) is 2. The second kappa shape index (κ2) is 14.6. The number of aliphatic carboxylic acids is 1. The van der Waals surface area contributed by atoms with Crippen LogP contribution < -0.4 is 27.4 Å². The largest absolute Gasteiger partial charge is 0.480 e. The molecule has 0 aromatic rings. The molecule has 1 rings (SSSR count). The highest BCUT2D eigenvalue weighted by molar-refractivity contribution is 5.97. The Kier molecular flexibility index (Phi) is 12.6. The zero-order chi connectivity index (χ0) is 29.3. The lowest BCUT2D eigenvalue weighted by Gasteiger charge is -2.30. The van der Waals surface area contributed by atoms with Crippen molar-refractivity contribution in [2.24, 2.45) is 17.4 Å². The molecule has 0 unspecified atom stereocenters. The van der Waals surface area contributed by atoms with E-state index < -0.39 is 84.3 Å². The van der Waals surface area contributed by atoms with Gasteiger partial charge >= 0.3 is 5.97 Å². The average Bonchev–Trinajstić information content (AvgIpc) is 3.33. The van der Waals surface area contributed by atoms with Gasteiger partial charge in [0.15, 0.2) is 0 Å². The summed E-state index contributed by atoms with van der Waals surface area (Å²) in [6, 6.07) is -6.87. The fraction of sp³-hybridized carbons (Fsp3) is 0.739. The molecule has 15 heteroatoms. The van der Waals surface area contributed by atoms with E-state index in [9.17, 15) is 44.1 Å². The normalized spacial score (nSPS) is 20.7. The van der Waals surface area contributed by atoms with Crippen LogP contribution in [0.5, 0.6) is 0 Å². The number of likely N-dealkylation sites (tertiary alicyclic amines) is 1. The van der Waals surface area contributed by atoms with Crippen LogP contribution >= 0.6 is 0 Å². The maximum absolute atomic E-state index is 13.0. The maximum atomic E-state index is 13.0. The first kappa shape index (κ1) is 32.7. The van der Waals surface area contributed by atoms with Gasteiger partial charge in [-0.2, -0.15) is 0 Å². The number of carboxylic acid groups (broad SMARTS) is 1. The van der Waals surface area contributed by atoms with Crippen LogP contribution in [-0.4, -0.2) is 105 Å². The Morgan fingerprint density at radius 1 is 0.921 bits per heavy atom. The van der Waals surface area contributed by atoms with E-state index in [1.165, 1.54) is 13.8 Å². The third kappa shape index (κ3) is 8.92. The van der Waals surface area contributed by atoms with Crippen LogP contribution in [0.25, 0.3) is 0 Å². The molecule has 5 amide bonds. The number of nitrogens with one attached hydrogen (secondary N) is 3. The van der Waals surface area contributed by atoms with Crippen molar-refractivity contribution in [1.29, 1.82) is 0 Å². The number of carboxylic acids is 1. The van der Waals surface area contributed by atoms with E-state index in [1.54, 1.807) is 6.92 Å². The number of primary amides is 1. The van der Waals surface area contributed by atoms with Crippen molar-refractivity contribution in [3.63, 3.8) is 0 Å². The molecule has 38 heavy (non-hydrogen) atoms. The molecule has 10 N–H and O–H groups in total. The number of rotatable bonds is 14. The van der Waals surface area contributed by atoms with Crippen molar-refractivity contribution in [1.82, 2.24) is 20.9 Å². The molecule has 0 aromatic heterocycles. The van der Waals surface area contributed by atoms with Gasteiger partial charge in [-0.25, -0.2) is 4.79 Å². The Morgan fingerprint density at radius 3 is 1.87 bits per heavy atom. The molecule has 216 valence electrons. The highest BCUT2D eigenvalue weighted by Gasteiger charge is 2.40. The number of hydrogen-bond acceptors (Lipinski definition) is 9. The molecule has 0 bridgehead atoms. The lowest BCUT2D eigenvalue weighted by atomic mass is 9.98. The number of carbonyl (C=O) groups excluding carboxylic acids is 5. The molecule has 1 aliphatic heterocycles. The molecule has 1 heterocycles. The summed E-state index contributed by atoms with van der Waals surface area (Å²) in [4.78, 5) is 75.4. The highest BCUT2D eigenvalue weighted by Crippen LogP contribution is 2.19. The van der Waals surface area contributed by atoms with Crippen LogP contribution in [0.2, 0.25) is 0 Å². The van der Waals surface area contributed by atoms with Gasteiger partial charge in [-0.3, -0.25) is 24.0 Å². The number of amides is 5. The summed E-state index contributed by atoms with van der Waals surface area (Å²) in [5.41, 5.74) is 11.1. The van der Waals surface area contributed by atoms with Gasteiger partial charge < -0.3 is 47.6 Å². The minimum Gasteiger partial charge on any atom is -0.480 e. The Hall–Kier alpha value is -3.30. The predicted octanol–water partition coefficient (Wildman–Crippen LogP) is -3.47. The third-order valence-electron chi connectivity index (χ3n) is 6.53. The van der Waals surface area contributed by atoms with E-state index in [0.717, 1.165) is 4.90 Å². The van der Waals surface area contributed by atoms with Gasteiger partial charge in [0.2, 0.25) is 29.5 Å². The van der Waals surface area contributed by atoms with Crippen LogP contribution in [0.4, 0.5) is 0 Å². The lowest BCUT2D eigenvalue weighted by molar-refractivity contribution is -0.150. The van der Waals surface area contributed by atoms with E-state index in [4.69, 9.17) is 11.5 Å². The van der Waals surface area contributed by atoms with Crippen LogP contribution in [-0.2, 0) is 28.8 Å². The molecule has 1 saturated heterocycles. The Bertz CT molecular complexity index is 897. The Morgan fingerprint density at radius 2 is 1.42 bits per heavy atom. The first-order valence-corrected chi connectivity index (χ1v) is 12.5. The van der Waals surface area contributed by atoms with Gasteiger partial charge in [-0.15, -0.1) is 0 Å². The molecule has 0 aromatic carbocycles. The fourth-order valence-electron chi connectivity index (χ4n) is 3.97. The lowest BCUT2D eigenvalue weighted by Crippen LogP contribution is -2.63. The molecule has 1 aliphatic rings. The summed E-state index contributed by atoms with van der Waals surface area (Å²) in [6.45, 7) is 6.05. The molecule has 15 nitrogen and oxygen atoms in total. The Balaban J connectivity index is 3.07. The molecule has 0 radical (unpaired) electrons. The monoisotopic (exact) mass is 544 g/mol. The van der Waals surface area contributed by atoms with Gasteiger partial charge in [0.25, 0.3) is 0 Å². The van der Waals surface area contributed by atoms with E-state index >= 15 is 0 Å². The molecular weight excluding hydrogens is 504 g/mol. The van der Waals surface area contributed by atoms with Crippen LogP contribution in [0.15, 0.2) is 0 Å².